The van der Waals surface area contributed by atoms with Crippen molar-refractivity contribution in [3.8, 4) is 11.5 Å². The number of hydrogen-bond donors (Lipinski definition) is 2. The third-order valence-corrected chi connectivity index (χ3v) is 2.86. The van der Waals surface area contributed by atoms with Crippen LogP contribution in [0.4, 0.5) is 0 Å². The molecular weight excluding hydrogens is 234 g/mol. The van der Waals surface area contributed by atoms with E-state index in [1.165, 1.54) is 0 Å². The summed E-state index contributed by atoms with van der Waals surface area (Å²) in [4.78, 5) is 12.1. The van der Waals surface area contributed by atoms with Crippen LogP contribution in [0.15, 0.2) is 18.2 Å². The minimum Gasteiger partial charge on any atom is -0.486 e. The van der Waals surface area contributed by atoms with Gasteiger partial charge >= 0.3 is 0 Å². The molecule has 2 rings (SSSR count). The highest BCUT2D eigenvalue weighted by atomic mass is 16.6. The number of benzene rings is 1. The van der Waals surface area contributed by atoms with Crippen LogP contribution in [0, 0.1) is 0 Å². The minimum atomic E-state index is -0.252. The van der Waals surface area contributed by atoms with Crippen molar-refractivity contribution in [3.63, 3.8) is 0 Å². The van der Waals surface area contributed by atoms with Crippen molar-refractivity contribution < 1.29 is 19.4 Å². The summed E-state index contributed by atoms with van der Waals surface area (Å²) in [6, 6.07) is 4.97. The highest BCUT2D eigenvalue weighted by molar-refractivity contribution is 5.98. The van der Waals surface area contributed by atoms with Gasteiger partial charge < -0.3 is 19.9 Å². The van der Waals surface area contributed by atoms with Crippen molar-refractivity contribution in [1.29, 1.82) is 0 Å². The van der Waals surface area contributed by atoms with Gasteiger partial charge in [-0.15, -0.1) is 0 Å². The quantitative estimate of drug-likeness (QED) is 0.836. The second kappa shape index (κ2) is 5.73. The first-order valence-electron chi connectivity index (χ1n) is 6.06. The van der Waals surface area contributed by atoms with Crippen molar-refractivity contribution in [1.82, 2.24) is 5.32 Å². The number of ether oxygens (including phenoxy) is 2. The number of fused-ring (bicyclic) bond motifs is 1. The van der Waals surface area contributed by atoms with Gasteiger partial charge in [-0.25, -0.2) is 0 Å². The Hall–Kier alpha value is -1.75. The molecule has 98 valence electrons. The Balaban J connectivity index is 2.20. The molecule has 0 aliphatic carbocycles. The largest absolute Gasteiger partial charge is 0.486 e. The number of nitrogens with one attached hydrogen (secondary N) is 1. The van der Waals surface area contributed by atoms with E-state index in [9.17, 15) is 4.79 Å². The molecule has 1 heterocycles. The molecule has 0 spiro atoms. The SMILES string of the molecule is CC[C@@H](CO)NC(=O)c1cccc2c1OCCO2. The number of hydrogen-bond acceptors (Lipinski definition) is 4. The van der Waals surface area contributed by atoms with Gasteiger partial charge in [0.05, 0.1) is 18.2 Å². The maximum absolute atomic E-state index is 12.1. The predicted molar refractivity (Wildman–Crippen MR) is 66.1 cm³/mol. The number of carbonyl (C=O) groups is 1. The van der Waals surface area contributed by atoms with Gasteiger partial charge in [-0.05, 0) is 18.6 Å². The van der Waals surface area contributed by atoms with Gasteiger partial charge in [-0.2, -0.15) is 0 Å². The highest BCUT2D eigenvalue weighted by Gasteiger charge is 2.21. The number of aliphatic hydroxyl groups excluding tert-OH is 1. The molecule has 0 saturated heterocycles. The van der Waals surface area contributed by atoms with Crippen molar-refractivity contribution in [2.75, 3.05) is 19.8 Å². The lowest BCUT2D eigenvalue weighted by Gasteiger charge is -2.21. The summed E-state index contributed by atoms with van der Waals surface area (Å²) >= 11 is 0. The molecule has 1 aromatic rings. The Labute approximate surface area is 106 Å². The molecule has 0 fully saturated rings. The molecule has 0 aromatic heterocycles. The smallest absolute Gasteiger partial charge is 0.255 e. The topological polar surface area (TPSA) is 67.8 Å². The second-order valence-electron chi connectivity index (χ2n) is 4.09. The summed E-state index contributed by atoms with van der Waals surface area (Å²) in [6.45, 7) is 2.76. The highest BCUT2D eigenvalue weighted by Crippen LogP contribution is 2.33. The van der Waals surface area contributed by atoms with Gasteiger partial charge in [0.25, 0.3) is 5.91 Å². The number of carbonyl (C=O) groups excluding carboxylic acids is 1. The molecule has 1 aromatic carbocycles. The average Bonchev–Trinajstić information content (AvgIpc) is 2.43. The van der Waals surface area contributed by atoms with E-state index < -0.39 is 0 Å². The third kappa shape index (κ3) is 2.56. The number of aliphatic hydroxyl groups is 1. The first kappa shape index (κ1) is 12.7. The Morgan fingerprint density at radius 3 is 2.94 bits per heavy atom. The van der Waals surface area contributed by atoms with Gasteiger partial charge in [0, 0.05) is 0 Å². The van der Waals surface area contributed by atoms with Crippen LogP contribution in [0.3, 0.4) is 0 Å². The van der Waals surface area contributed by atoms with Crippen molar-refractivity contribution >= 4 is 5.91 Å². The fourth-order valence-electron chi connectivity index (χ4n) is 1.79. The summed E-state index contributed by atoms with van der Waals surface area (Å²) in [5, 5.41) is 11.8. The van der Waals surface area contributed by atoms with E-state index in [4.69, 9.17) is 14.6 Å². The van der Waals surface area contributed by atoms with E-state index in [1.54, 1.807) is 18.2 Å². The standard InChI is InChI=1S/C13H17NO4/c1-2-9(8-15)14-13(16)10-4-3-5-11-12(10)18-7-6-17-11/h3-5,9,15H,2,6-8H2,1H3,(H,14,16)/t9-/m0/s1. The molecule has 1 aliphatic rings. The summed E-state index contributed by atoms with van der Waals surface area (Å²) < 4.78 is 10.9. The van der Waals surface area contributed by atoms with E-state index in [2.05, 4.69) is 5.32 Å². The zero-order valence-electron chi connectivity index (χ0n) is 10.3. The van der Waals surface area contributed by atoms with Gasteiger partial charge in [0.15, 0.2) is 11.5 Å². The summed E-state index contributed by atoms with van der Waals surface area (Å²) in [5.41, 5.74) is 0.444. The van der Waals surface area contributed by atoms with Crippen LogP contribution >= 0.6 is 0 Å². The molecule has 0 radical (unpaired) electrons. The monoisotopic (exact) mass is 251 g/mol. The number of amides is 1. The lowest BCUT2D eigenvalue weighted by atomic mass is 10.1. The van der Waals surface area contributed by atoms with Crippen LogP contribution in [0.25, 0.3) is 0 Å². The predicted octanol–water partition coefficient (Wildman–Crippen LogP) is 0.959. The molecular formula is C13H17NO4. The lowest BCUT2D eigenvalue weighted by molar-refractivity contribution is 0.0904. The molecule has 0 unspecified atom stereocenters. The van der Waals surface area contributed by atoms with Gasteiger partial charge in [-0.3, -0.25) is 4.79 Å². The van der Waals surface area contributed by atoms with Crippen molar-refractivity contribution in [2.24, 2.45) is 0 Å². The molecule has 5 heteroatoms. The minimum absolute atomic E-state index is 0.0748. The van der Waals surface area contributed by atoms with Crippen LogP contribution in [-0.4, -0.2) is 36.9 Å². The van der Waals surface area contributed by atoms with Crippen LogP contribution in [0.5, 0.6) is 11.5 Å². The van der Waals surface area contributed by atoms with E-state index in [-0.39, 0.29) is 18.6 Å². The normalized spacial score (nSPS) is 15.0. The summed E-state index contributed by atoms with van der Waals surface area (Å²) in [7, 11) is 0. The molecule has 1 atom stereocenters. The summed E-state index contributed by atoms with van der Waals surface area (Å²) in [6.07, 6.45) is 0.675. The Morgan fingerprint density at radius 1 is 1.44 bits per heavy atom. The number of rotatable bonds is 4. The van der Waals surface area contributed by atoms with Gasteiger partial charge in [0.2, 0.25) is 0 Å². The number of para-hydroxylation sites is 1. The fourth-order valence-corrected chi connectivity index (χ4v) is 1.79. The first-order chi connectivity index (χ1) is 8.76. The zero-order chi connectivity index (χ0) is 13.0. The molecule has 0 saturated carbocycles. The van der Waals surface area contributed by atoms with Crippen LogP contribution < -0.4 is 14.8 Å². The van der Waals surface area contributed by atoms with Crippen molar-refractivity contribution in [2.45, 2.75) is 19.4 Å². The Morgan fingerprint density at radius 2 is 2.22 bits per heavy atom. The molecule has 1 aliphatic heterocycles. The second-order valence-corrected chi connectivity index (χ2v) is 4.09. The average molecular weight is 251 g/mol. The first-order valence-corrected chi connectivity index (χ1v) is 6.06. The zero-order valence-corrected chi connectivity index (χ0v) is 10.3. The molecule has 18 heavy (non-hydrogen) atoms. The van der Waals surface area contributed by atoms with Crippen LogP contribution in [0.2, 0.25) is 0 Å². The van der Waals surface area contributed by atoms with E-state index in [0.29, 0.717) is 36.7 Å². The Kier molecular flexibility index (Phi) is 4.04. The maximum atomic E-state index is 12.1. The van der Waals surface area contributed by atoms with E-state index >= 15 is 0 Å². The fraction of sp³-hybridized carbons (Fsp3) is 0.462. The summed E-state index contributed by atoms with van der Waals surface area (Å²) in [5.74, 6) is 0.818. The van der Waals surface area contributed by atoms with Crippen LogP contribution in [-0.2, 0) is 0 Å². The maximum Gasteiger partial charge on any atom is 0.255 e. The van der Waals surface area contributed by atoms with Gasteiger partial charge in [0.1, 0.15) is 13.2 Å². The van der Waals surface area contributed by atoms with E-state index in [1.807, 2.05) is 6.92 Å². The third-order valence-electron chi connectivity index (χ3n) is 2.86. The molecule has 2 N–H and O–H groups in total. The van der Waals surface area contributed by atoms with Gasteiger partial charge in [-0.1, -0.05) is 13.0 Å². The molecule has 5 nitrogen and oxygen atoms in total. The lowest BCUT2D eigenvalue weighted by Crippen LogP contribution is -2.37. The van der Waals surface area contributed by atoms with Crippen molar-refractivity contribution in [3.05, 3.63) is 23.8 Å². The van der Waals surface area contributed by atoms with Crippen LogP contribution in [0.1, 0.15) is 23.7 Å². The molecule has 1 amide bonds. The molecule has 0 bridgehead atoms. The Bertz CT molecular complexity index is 429. The van der Waals surface area contributed by atoms with E-state index in [0.717, 1.165) is 0 Å².